The summed E-state index contributed by atoms with van der Waals surface area (Å²) in [4.78, 5) is 34.0. The van der Waals surface area contributed by atoms with Crippen molar-refractivity contribution in [2.24, 2.45) is 0 Å². The van der Waals surface area contributed by atoms with Crippen LogP contribution in [0.1, 0.15) is 21.5 Å². The SMILES string of the molecule is Cc1ccccc1CCNC(=O)COC(=O)c1cc(Cl)ccc1[N+](=O)[O-]. The van der Waals surface area contributed by atoms with E-state index in [1.807, 2.05) is 31.2 Å². The Morgan fingerprint density at radius 1 is 1.23 bits per heavy atom. The molecule has 0 saturated carbocycles. The average molecular weight is 377 g/mol. The summed E-state index contributed by atoms with van der Waals surface area (Å²) in [5, 5.41) is 13.8. The lowest BCUT2D eigenvalue weighted by molar-refractivity contribution is -0.385. The summed E-state index contributed by atoms with van der Waals surface area (Å²) in [5.74, 6) is -1.47. The van der Waals surface area contributed by atoms with Gasteiger partial charge in [0.25, 0.3) is 11.6 Å². The molecule has 8 heteroatoms. The number of ether oxygens (including phenoxy) is 1. The van der Waals surface area contributed by atoms with E-state index >= 15 is 0 Å². The molecule has 7 nitrogen and oxygen atoms in total. The molecule has 2 aromatic carbocycles. The predicted octanol–water partition coefficient (Wildman–Crippen LogP) is 3.07. The van der Waals surface area contributed by atoms with Crippen LogP contribution in [0.5, 0.6) is 0 Å². The topological polar surface area (TPSA) is 98.5 Å². The molecule has 1 amide bonds. The van der Waals surface area contributed by atoms with Gasteiger partial charge < -0.3 is 10.1 Å². The Bertz CT molecular complexity index is 838. The van der Waals surface area contributed by atoms with Crippen molar-refractivity contribution in [2.75, 3.05) is 13.2 Å². The number of carbonyl (C=O) groups is 2. The quantitative estimate of drug-likeness (QED) is 0.455. The van der Waals surface area contributed by atoms with Crippen molar-refractivity contribution in [3.63, 3.8) is 0 Å². The van der Waals surface area contributed by atoms with Crippen molar-refractivity contribution in [2.45, 2.75) is 13.3 Å². The first-order chi connectivity index (χ1) is 12.4. The van der Waals surface area contributed by atoms with E-state index in [2.05, 4.69) is 5.32 Å². The molecule has 0 atom stereocenters. The number of esters is 1. The lowest BCUT2D eigenvalue weighted by Gasteiger charge is -2.08. The number of rotatable bonds is 7. The lowest BCUT2D eigenvalue weighted by atomic mass is 10.1. The maximum absolute atomic E-state index is 12.0. The zero-order chi connectivity index (χ0) is 19.1. The molecule has 0 aliphatic heterocycles. The van der Waals surface area contributed by atoms with Gasteiger partial charge in [0, 0.05) is 17.6 Å². The number of nitrogens with one attached hydrogen (secondary N) is 1. The molecule has 0 saturated heterocycles. The molecule has 1 N–H and O–H groups in total. The third kappa shape index (κ3) is 5.29. The fraction of sp³-hybridized carbons (Fsp3) is 0.222. The number of amides is 1. The molecule has 0 radical (unpaired) electrons. The second kappa shape index (κ2) is 8.96. The van der Waals surface area contributed by atoms with Crippen molar-refractivity contribution < 1.29 is 19.2 Å². The number of aryl methyl sites for hydroxylation is 1. The maximum Gasteiger partial charge on any atom is 0.345 e. The van der Waals surface area contributed by atoms with Gasteiger partial charge in [-0.15, -0.1) is 0 Å². The van der Waals surface area contributed by atoms with E-state index in [1.54, 1.807) is 0 Å². The molecule has 26 heavy (non-hydrogen) atoms. The van der Waals surface area contributed by atoms with Gasteiger partial charge in [-0.3, -0.25) is 14.9 Å². The van der Waals surface area contributed by atoms with Crippen molar-refractivity contribution in [3.05, 3.63) is 74.3 Å². The monoisotopic (exact) mass is 376 g/mol. The van der Waals surface area contributed by atoms with Crippen LogP contribution in [0.15, 0.2) is 42.5 Å². The van der Waals surface area contributed by atoms with E-state index < -0.39 is 29.1 Å². The minimum absolute atomic E-state index is 0.158. The highest BCUT2D eigenvalue weighted by molar-refractivity contribution is 6.31. The summed E-state index contributed by atoms with van der Waals surface area (Å²) in [6, 6.07) is 11.4. The molecular formula is C18H17ClN2O5. The Balaban J connectivity index is 1.86. The Hall–Kier alpha value is -2.93. The summed E-state index contributed by atoms with van der Waals surface area (Å²) in [5.41, 5.74) is 1.51. The Morgan fingerprint density at radius 2 is 1.96 bits per heavy atom. The van der Waals surface area contributed by atoms with Gasteiger partial charge in [0.05, 0.1) is 4.92 Å². The van der Waals surface area contributed by atoms with E-state index in [-0.39, 0.29) is 10.6 Å². The highest BCUT2D eigenvalue weighted by Crippen LogP contribution is 2.23. The molecule has 0 unspecified atom stereocenters. The second-order valence-electron chi connectivity index (χ2n) is 5.52. The predicted molar refractivity (Wildman–Crippen MR) is 96.3 cm³/mol. The normalized spacial score (nSPS) is 10.2. The Kier molecular flexibility index (Phi) is 6.68. The molecule has 0 aromatic heterocycles. The number of nitro groups is 1. The molecular weight excluding hydrogens is 360 g/mol. The van der Waals surface area contributed by atoms with Crippen molar-refractivity contribution in [1.82, 2.24) is 5.32 Å². The van der Waals surface area contributed by atoms with Crippen LogP contribution in [-0.4, -0.2) is 30.0 Å². The van der Waals surface area contributed by atoms with E-state index in [0.717, 1.165) is 23.3 Å². The van der Waals surface area contributed by atoms with E-state index in [4.69, 9.17) is 16.3 Å². The van der Waals surface area contributed by atoms with E-state index in [1.165, 1.54) is 6.07 Å². The number of carbonyl (C=O) groups excluding carboxylic acids is 2. The van der Waals surface area contributed by atoms with Crippen LogP contribution in [-0.2, 0) is 16.0 Å². The Morgan fingerprint density at radius 3 is 2.65 bits per heavy atom. The summed E-state index contributed by atoms with van der Waals surface area (Å²) >= 11 is 5.76. The zero-order valence-corrected chi connectivity index (χ0v) is 14.8. The summed E-state index contributed by atoms with van der Waals surface area (Å²) in [7, 11) is 0. The third-order valence-corrected chi connectivity index (χ3v) is 3.92. The van der Waals surface area contributed by atoms with Crippen LogP contribution in [0.3, 0.4) is 0 Å². The van der Waals surface area contributed by atoms with E-state index in [9.17, 15) is 19.7 Å². The van der Waals surface area contributed by atoms with Gasteiger partial charge in [0.2, 0.25) is 0 Å². The highest BCUT2D eigenvalue weighted by Gasteiger charge is 2.22. The fourth-order valence-electron chi connectivity index (χ4n) is 2.32. The van der Waals surface area contributed by atoms with Crippen LogP contribution >= 0.6 is 11.6 Å². The first-order valence-electron chi connectivity index (χ1n) is 7.80. The molecule has 136 valence electrons. The number of halogens is 1. The van der Waals surface area contributed by atoms with Crippen LogP contribution in [0.2, 0.25) is 5.02 Å². The van der Waals surface area contributed by atoms with Crippen LogP contribution in [0.25, 0.3) is 0 Å². The van der Waals surface area contributed by atoms with Gasteiger partial charge in [-0.1, -0.05) is 35.9 Å². The third-order valence-electron chi connectivity index (χ3n) is 3.69. The standard InChI is InChI=1S/C18H17ClN2O5/c1-12-4-2-3-5-13(12)8-9-20-17(22)11-26-18(23)15-10-14(19)6-7-16(15)21(24)25/h2-7,10H,8-9,11H2,1H3,(H,20,22). The molecule has 2 aromatic rings. The van der Waals surface area contributed by atoms with Gasteiger partial charge in [-0.05, 0) is 36.6 Å². The minimum Gasteiger partial charge on any atom is -0.452 e. The largest absolute Gasteiger partial charge is 0.452 e. The number of nitro benzene ring substituents is 1. The molecule has 0 aliphatic carbocycles. The number of benzene rings is 2. The van der Waals surface area contributed by atoms with Crippen LogP contribution < -0.4 is 5.32 Å². The van der Waals surface area contributed by atoms with Gasteiger partial charge in [0.1, 0.15) is 5.56 Å². The first-order valence-corrected chi connectivity index (χ1v) is 8.18. The van der Waals surface area contributed by atoms with Gasteiger partial charge in [-0.2, -0.15) is 0 Å². The first kappa shape index (κ1) is 19.4. The molecule has 0 spiro atoms. The van der Waals surface area contributed by atoms with Crippen LogP contribution in [0, 0.1) is 17.0 Å². The van der Waals surface area contributed by atoms with Crippen molar-refractivity contribution in [3.8, 4) is 0 Å². The number of hydrogen-bond donors (Lipinski definition) is 1. The maximum atomic E-state index is 12.0. The number of hydrogen-bond acceptors (Lipinski definition) is 5. The van der Waals surface area contributed by atoms with Gasteiger partial charge >= 0.3 is 5.97 Å². The zero-order valence-electron chi connectivity index (χ0n) is 14.0. The summed E-state index contributed by atoms with van der Waals surface area (Å²) in [6.45, 7) is 1.84. The highest BCUT2D eigenvalue weighted by atomic mass is 35.5. The minimum atomic E-state index is -0.978. The summed E-state index contributed by atoms with van der Waals surface area (Å²) < 4.78 is 4.85. The smallest absolute Gasteiger partial charge is 0.345 e. The molecule has 0 fully saturated rings. The Labute approximate surface area is 155 Å². The average Bonchev–Trinajstić information content (AvgIpc) is 2.61. The lowest BCUT2D eigenvalue weighted by Crippen LogP contribution is -2.30. The molecule has 0 heterocycles. The summed E-state index contributed by atoms with van der Waals surface area (Å²) in [6.07, 6.45) is 0.645. The molecule has 2 rings (SSSR count). The fourth-order valence-corrected chi connectivity index (χ4v) is 2.49. The van der Waals surface area contributed by atoms with Crippen molar-refractivity contribution in [1.29, 1.82) is 0 Å². The number of nitrogens with zero attached hydrogens (tertiary/aromatic N) is 1. The van der Waals surface area contributed by atoms with Gasteiger partial charge in [-0.25, -0.2) is 4.79 Å². The molecule has 0 aliphatic rings. The molecule has 0 bridgehead atoms. The van der Waals surface area contributed by atoms with Crippen molar-refractivity contribution >= 4 is 29.2 Å². The second-order valence-corrected chi connectivity index (χ2v) is 5.96. The van der Waals surface area contributed by atoms with Gasteiger partial charge in [0.15, 0.2) is 6.61 Å². The van der Waals surface area contributed by atoms with E-state index in [0.29, 0.717) is 13.0 Å². The van der Waals surface area contributed by atoms with Crippen LogP contribution in [0.4, 0.5) is 5.69 Å².